The van der Waals surface area contributed by atoms with Crippen LogP contribution < -0.4 is 0 Å². The molecule has 19 heavy (non-hydrogen) atoms. The van der Waals surface area contributed by atoms with E-state index in [1.54, 1.807) is 0 Å². The maximum atomic E-state index is 9.75. The van der Waals surface area contributed by atoms with Gasteiger partial charge in [0.15, 0.2) is 0 Å². The Hall–Kier alpha value is -0.327. The molecule has 11 heteroatoms. The van der Waals surface area contributed by atoms with Crippen LogP contribution in [-0.2, 0) is 18.3 Å². The molecule has 0 saturated heterocycles. The molecule has 0 heterocycles. The van der Waals surface area contributed by atoms with Crippen LogP contribution in [0, 0.1) is 0 Å². The average molecular weight is 384 g/mol. The molecular weight excluding hydrogens is 373 g/mol. The average Bonchev–Trinajstić information content (AvgIpc) is 2.05. The third-order valence-electron chi connectivity index (χ3n) is 1.40. The van der Waals surface area contributed by atoms with Gasteiger partial charge in [-0.25, -0.2) is 0 Å². The van der Waals surface area contributed by atoms with Gasteiger partial charge in [0.2, 0.25) is 0 Å². The van der Waals surface area contributed by atoms with Crippen molar-refractivity contribution in [2.45, 2.75) is 25.7 Å². The van der Waals surface area contributed by atoms with Crippen LogP contribution in [0.3, 0.4) is 0 Å². The van der Waals surface area contributed by atoms with Gasteiger partial charge in [-0.15, -0.1) is 0 Å². The van der Waals surface area contributed by atoms with Gasteiger partial charge >= 0.3 is 80.9 Å². The zero-order valence-corrected chi connectivity index (χ0v) is 11.2. The molecule has 1 aliphatic carbocycles. The third kappa shape index (κ3) is 46.4. The van der Waals surface area contributed by atoms with Gasteiger partial charge in [0.1, 0.15) is 0 Å². The molecule has 0 spiro atoms. The predicted octanol–water partition coefficient (Wildman–Crippen LogP) is 5.15. The fourth-order valence-corrected chi connectivity index (χ4v) is 1.36. The van der Waals surface area contributed by atoms with Crippen LogP contribution in [0.25, 0.3) is 0 Å². The standard InChI is InChI=1S/C8H11.2BF4.Rh/c1-2-4-6-8-7-5-3-1;2*2-1(3,4)5;/h1-2,7H,3-6H2;;;/q;2*-1;+2. The van der Waals surface area contributed by atoms with Crippen LogP contribution in [-0.4, -0.2) is 14.5 Å². The predicted molar refractivity (Wildman–Crippen MR) is 56.1 cm³/mol. The fourth-order valence-electron chi connectivity index (χ4n) is 0.882. The Morgan fingerprint density at radius 2 is 1.11 bits per heavy atom. The Bertz CT molecular complexity index is 259. The second kappa shape index (κ2) is 10.5. The molecule has 0 nitrogen and oxygen atoms in total. The van der Waals surface area contributed by atoms with E-state index < -0.39 is 14.5 Å². The number of hydrogen-bond donors (Lipinski definition) is 0. The third-order valence-corrected chi connectivity index (χ3v) is 2.14. The summed E-state index contributed by atoms with van der Waals surface area (Å²) in [6, 6.07) is 0. The van der Waals surface area contributed by atoms with E-state index in [1.165, 1.54) is 29.9 Å². The Kier molecular flexibility index (Phi) is 11.5. The molecule has 0 unspecified atom stereocenters. The zero-order valence-electron chi connectivity index (χ0n) is 9.57. The van der Waals surface area contributed by atoms with E-state index in [1.807, 2.05) is 0 Å². The second-order valence-electron chi connectivity index (χ2n) is 3.20. The van der Waals surface area contributed by atoms with Crippen molar-refractivity contribution < 1.29 is 52.8 Å². The quantitative estimate of drug-likeness (QED) is 0.308. The number of allylic oxidation sites excluding steroid dienone is 4. The van der Waals surface area contributed by atoms with Crippen molar-refractivity contribution in [3.8, 4) is 0 Å². The van der Waals surface area contributed by atoms with Crippen molar-refractivity contribution in [3.63, 3.8) is 0 Å². The van der Waals surface area contributed by atoms with Crippen molar-refractivity contribution in [1.82, 2.24) is 0 Å². The molecule has 0 amide bonds. The second-order valence-corrected chi connectivity index (χ2v) is 4.25. The summed E-state index contributed by atoms with van der Waals surface area (Å²) in [6.45, 7) is 0. The molecule has 1 rings (SSSR count). The van der Waals surface area contributed by atoms with Crippen molar-refractivity contribution in [3.05, 3.63) is 22.4 Å². The monoisotopic (exact) mass is 384 g/mol. The van der Waals surface area contributed by atoms with Gasteiger partial charge in [-0.2, -0.15) is 0 Å². The number of rotatable bonds is 0. The van der Waals surface area contributed by atoms with E-state index in [4.69, 9.17) is 0 Å². The number of halogens is 8. The Morgan fingerprint density at radius 1 is 0.737 bits per heavy atom. The summed E-state index contributed by atoms with van der Waals surface area (Å²) in [4.78, 5) is 0. The topological polar surface area (TPSA) is 0 Å². The van der Waals surface area contributed by atoms with Crippen molar-refractivity contribution in [2.24, 2.45) is 0 Å². The first-order valence-corrected chi connectivity index (χ1v) is 5.93. The van der Waals surface area contributed by atoms with Crippen LogP contribution in [0.15, 0.2) is 22.4 Å². The first kappa shape index (κ1) is 21.0. The SMILES string of the molecule is F[B-](F)(F)F.F[B-](F)(F)F.[Rh+2][C]1=CCCC=CCC1. The summed E-state index contributed by atoms with van der Waals surface area (Å²) >= 11 is 2.97. The molecule has 0 aromatic carbocycles. The molecular formula is C8H11B2F8Rh. The summed E-state index contributed by atoms with van der Waals surface area (Å²) in [5, 5.41) is 0. The molecule has 0 saturated carbocycles. The molecule has 0 aromatic heterocycles. The van der Waals surface area contributed by atoms with E-state index in [9.17, 15) is 34.5 Å². The van der Waals surface area contributed by atoms with Crippen molar-refractivity contribution in [2.75, 3.05) is 0 Å². The van der Waals surface area contributed by atoms with Gasteiger partial charge in [-0.05, 0) is 0 Å². The molecule has 114 valence electrons. The van der Waals surface area contributed by atoms with Crippen LogP contribution in [0.4, 0.5) is 34.5 Å². The van der Waals surface area contributed by atoms with Crippen LogP contribution >= 0.6 is 0 Å². The zero-order chi connectivity index (χ0) is 15.5. The summed E-state index contributed by atoms with van der Waals surface area (Å²) in [7, 11) is -12.0. The van der Waals surface area contributed by atoms with Crippen molar-refractivity contribution in [1.29, 1.82) is 0 Å². The molecule has 0 aromatic rings. The minimum absolute atomic E-state index is 1.21. The van der Waals surface area contributed by atoms with E-state index in [-0.39, 0.29) is 0 Å². The van der Waals surface area contributed by atoms with E-state index in [0.29, 0.717) is 0 Å². The van der Waals surface area contributed by atoms with Crippen LogP contribution in [0.1, 0.15) is 25.7 Å². The van der Waals surface area contributed by atoms with Gasteiger partial charge in [-0.1, -0.05) is 0 Å². The van der Waals surface area contributed by atoms with E-state index >= 15 is 0 Å². The maximum absolute atomic E-state index is 9.75. The fraction of sp³-hybridized carbons (Fsp3) is 0.500. The normalized spacial score (nSPS) is 15.9. The van der Waals surface area contributed by atoms with Gasteiger partial charge in [0.25, 0.3) is 0 Å². The van der Waals surface area contributed by atoms with Gasteiger partial charge in [0.05, 0.1) is 0 Å². The molecule has 0 N–H and O–H groups in total. The molecule has 0 bridgehead atoms. The number of hydrogen-bond acceptors (Lipinski definition) is 0. The Morgan fingerprint density at radius 3 is 1.53 bits per heavy atom. The van der Waals surface area contributed by atoms with Crippen LogP contribution in [0.2, 0.25) is 0 Å². The van der Waals surface area contributed by atoms with Gasteiger partial charge < -0.3 is 34.5 Å². The first-order chi connectivity index (χ1) is 8.39. The minimum atomic E-state index is -6.00. The Balaban J connectivity index is 0. The molecule has 0 aliphatic heterocycles. The molecule has 1 aliphatic rings. The summed E-state index contributed by atoms with van der Waals surface area (Å²) in [5.41, 5.74) is 0. The molecule has 0 atom stereocenters. The Labute approximate surface area is 116 Å². The van der Waals surface area contributed by atoms with Crippen LogP contribution in [0.5, 0.6) is 0 Å². The van der Waals surface area contributed by atoms with Crippen molar-refractivity contribution >= 4 is 14.5 Å². The molecule has 0 radical (unpaired) electrons. The van der Waals surface area contributed by atoms with Gasteiger partial charge in [-0.3, -0.25) is 0 Å². The molecule has 0 fully saturated rings. The van der Waals surface area contributed by atoms with E-state index in [0.717, 1.165) is 0 Å². The summed E-state index contributed by atoms with van der Waals surface area (Å²) in [6.07, 6.45) is 11.7. The van der Waals surface area contributed by atoms with Gasteiger partial charge in [0, 0.05) is 0 Å². The first-order valence-electron chi connectivity index (χ1n) is 5.11. The summed E-state index contributed by atoms with van der Waals surface area (Å²) in [5.74, 6) is 0. The van der Waals surface area contributed by atoms with E-state index in [2.05, 4.69) is 36.5 Å². The summed E-state index contributed by atoms with van der Waals surface area (Å²) < 4.78 is 79.4.